The fraction of sp³-hybridized carbons (Fsp3) is 0.206. The molecule has 3 aromatic carbocycles. The number of amides is 4. The van der Waals surface area contributed by atoms with Gasteiger partial charge in [-0.1, -0.05) is 12.1 Å². The number of hydrogen-bond acceptors (Lipinski definition) is 7. The highest BCUT2D eigenvalue weighted by atomic mass is 19.1. The van der Waals surface area contributed by atoms with Crippen molar-refractivity contribution in [2.24, 2.45) is 0 Å². The van der Waals surface area contributed by atoms with Crippen molar-refractivity contribution in [3.05, 3.63) is 95.1 Å². The normalized spacial score (nSPS) is 15.7. The van der Waals surface area contributed by atoms with Crippen LogP contribution in [0, 0.1) is 19.7 Å². The summed E-state index contributed by atoms with van der Waals surface area (Å²) in [6, 6.07) is 15.7. The van der Waals surface area contributed by atoms with Crippen molar-refractivity contribution in [3.63, 3.8) is 0 Å². The summed E-state index contributed by atoms with van der Waals surface area (Å²) in [6.07, 6.45) is 0.649. The lowest BCUT2D eigenvalue weighted by molar-refractivity contribution is -0.123. The van der Waals surface area contributed by atoms with Crippen molar-refractivity contribution in [3.8, 4) is 17.2 Å². The zero-order valence-corrected chi connectivity index (χ0v) is 25.9. The summed E-state index contributed by atoms with van der Waals surface area (Å²) in [5.74, 6) is -0.684. The van der Waals surface area contributed by atoms with Crippen molar-refractivity contribution in [2.75, 3.05) is 23.7 Å². The van der Waals surface area contributed by atoms with Crippen molar-refractivity contribution in [2.45, 2.75) is 32.2 Å². The fourth-order valence-electron chi connectivity index (χ4n) is 6.31. The van der Waals surface area contributed by atoms with Gasteiger partial charge in [-0.05, 0) is 86.3 Å². The molecule has 2 fully saturated rings. The summed E-state index contributed by atoms with van der Waals surface area (Å²) < 4.78 is 21.3. The van der Waals surface area contributed by atoms with Gasteiger partial charge >= 0.3 is 12.1 Å². The molecular weight excluding hydrogens is 621 g/mol. The molecule has 13 nitrogen and oxygen atoms in total. The SMILES string of the molecule is Cc1cc(-n2ncc(C(=O)c3cc4cc(C)c(N5C(=O)NC6(CCN(C(=O)O)CC6)C5=O)cc4[nH]3)c2N)ccc1Oc1ccccc1F. The summed E-state index contributed by atoms with van der Waals surface area (Å²) in [5, 5.41) is 17.1. The Labute approximate surface area is 272 Å². The van der Waals surface area contributed by atoms with E-state index in [0.717, 1.165) is 4.90 Å². The highest BCUT2D eigenvalue weighted by molar-refractivity contribution is 6.24. The fourth-order valence-corrected chi connectivity index (χ4v) is 6.31. The lowest BCUT2D eigenvalue weighted by Gasteiger charge is -2.35. The average Bonchev–Trinajstić information content (AvgIpc) is 3.72. The molecule has 5 aromatic rings. The van der Waals surface area contributed by atoms with Crippen LogP contribution in [0.1, 0.15) is 40.0 Å². The van der Waals surface area contributed by atoms with E-state index in [1.165, 1.54) is 27.9 Å². The van der Waals surface area contributed by atoms with Crippen LogP contribution < -0.4 is 20.7 Å². The maximum Gasteiger partial charge on any atom is 0.407 e. The molecule has 1 spiro atoms. The average molecular weight is 652 g/mol. The van der Waals surface area contributed by atoms with Crippen molar-refractivity contribution in [1.82, 2.24) is 25.0 Å². The van der Waals surface area contributed by atoms with E-state index >= 15 is 0 Å². The maximum absolute atomic E-state index is 14.1. The third-order valence-corrected chi connectivity index (χ3v) is 8.98. The Morgan fingerprint density at radius 3 is 2.46 bits per heavy atom. The first-order chi connectivity index (χ1) is 23.0. The van der Waals surface area contributed by atoms with Gasteiger partial charge in [0.1, 0.15) is 17.1 Å². The first-order valence-corrected chi connectivity index (χ1v) is 15.2. The summed E-state index contributed by atoms with van der Waals surface area (Å²) >= 11 is 0. The molecule has 0 radical (unpaired) electrons. The molecule has 14 heteroatoms. The number of nitrogens with one attached hydrogen (secondary N) is 2. The molecule has 5 N–H and O–H groups in total. The molecule has 4 amide bonds. The number of likely N-dealkylation sites (tertiary alicyclic amines) is 1. The number of urea groups is 1. The zero-order valence-electron chi connectivity index (χ0n) is 25.9. The Bertz CT molecular complexity index is 2160. The van der Waals surface area contributed by atoms with Crippen molar-refractivity contribution in [1.29, 1.82) is 0 Å². The third-order valence-electron chi connectivity index (χ3n) is 8.98. The number of aromatic nitrogens is 3. The minimum Gasteiger partial charge on any atom is -0.465 e. The maximum atomic E-state index is 14.1. The number of aryl methyl sites for hydroxylation is 2. The second kappa shape index (κ2) is 11.3. The van der Waals surface area contributed by atoms with Gasteiger partial charge < -0.3 is 30.8 Å². The van der Waals surface area contributed by atoms with Gasteiger partial charge in [-0.15, -0.1) is 0 Å². The largest absolute Gasteiger partial charge is 0.465 e. The molecule has 0 bridgehead atoms. The van der Waals surface area contributed by atoms with Crippen LogP contribution in [0.3, 0.4) is 0 Å². The van der Waals surface area contributed by atoms with E-state index < -0.39 is 35.2 Å². The topological polar surface area (TPSA) is 176 Å². The predicted octanol–water partition coefficient (Wildman–Crippen LogP) is 5.28. The number of carboxylic acid groups (broad SMARTS) is 1. The minimum atomic E-state index is -1.18. The Morgan fingerprint density at radius 2 is 1.75 bits per heavy atom. The van der Waals surface area contributed by atoms with Crippen LogP contribution in [0.2, 0.25) is 0 Å². The molecule has 2 aromatic heterocycles. The highest BCUT2D eigenvalue weighted by Crippen LogP contribution is 2.36. The number of hydrogen-bond donors (Lipinski definition) is 4. The molecule has 2 saturated heterocycles. The number of carbonyl (C=O) groups is 4. The predicted molar refractivity (Wildman–Crippen MR) is 173 cm³/mol. The summed E-state index contributed by atoms with van der Waals surface area (Å²) in [6.45, 7) is 3.82. The Hall–Kier alpha value is -6.18. The molecule has 0 aliphatic carbocycles. The van der Waals surface area contributed by atoms with E-state index in [2.05, 4.69) is 15.4 Å². The number of imide groups is 1. The number of H-pyrrole nitrogens is 1. The van der Waals surface area contributed by atoms with Crippen molar-refractivity contribution < 1.29 is 33.4 Å². The highest BCUT2D eigenvalue weighted by Gasteiger charge is 2.53. The van der Waals surface area contributed by atoms with Gasteiger partial charge in [-0.25, -0.2) is 23.6 Å². The number of para-hydroxylation sites is 1. The zero-order chi connectivity index (χ0) is 33.9. The van der Waals surface area contributed by atoms with Gasteiger partial charge in [0, 0.05) is 24.0 Å². The van der Waals surface area contributed by atoms with E-state index in [1.807, 2.05) is 0 Å². The molecule has 244 valence electrons. The lowest BCUT2D eigenvalue weighted by atomic mass is 9.87. The molecule has 0 atom stereocenters. The number of ether oxygens (including phenoxy) is 1. The van der Waals surface area contributed by atoms with Crippen LogP contribution in [-0.4, -0.2) is 67.2 Å². The van der Waals surface area contributed by atoms with E-state index in [-0.39, 0.29) is 48.8 Å². The molecule has 2 aliphatic rings. The second-order valence-corrected chi connectivity index (χ2v) is 12.0. The lowest BCUT2D eigenvalue weighted by Crippen LogP contribution is -2.55. The second-order valence-electron chi connectivity index (χ2n) is 12.0. The number of aromatic amines is 1. The van der Waals surface area contributed by atoms with Gasteiger partial charge in [0.2, 0.25) is 5.78 Å². The number of nitrogen functional groups attached to an aromatic ring is 1. The number of anilines is 2. The molecular formula is C34H30FN7O6. The van der Waals surface area contributed by atoms with Crippen LogP contribution in [0.5, 0.6) is 11.5 Å². The minimum absolute atomic E-state index is 0.0953. The van der Waals surface area contributed by atoms with Gasteiger partial charge in [-0.2, -0.15) is 5.10 Å². The number of benzene rings is 3. The summed E-state index contributed by atoms with van der Waals surface area (Å²) in [5.41, 5.74) is 8.40. The molecule has 0 unspecified atom stereocenters. The van der Waals surface area contributed by atoms with Gasteiger partial charge in [-0.3, -0.25) is 9.59 Å². The molecule has 48 heavy (non-hydrogen) atoms. The number of nitrogens with two attached hydrogens (primary N) is 1. The monoisotopic (exact) mass is 651 g/mol. The van der Waals surface area contributed by atoms with E-state index in [4.69, 9.17) is 10.5 Å². The van der Waals surface area contributed by atoms with E-state index in [9.17, 15) is 28.7 Å². The standard InChI is InChI=1S/C34H30FN7O6/c1-18-13-20-15-25(38-24(20)16-26(18)41-31(44)34(39-32(41)45)9-11-40(12-10-34)33(46)47)29(43)22-17-37-42(30(22)36)21-7-8-27(19(2)14-21)48-28-6-4-3-5-23(28)35/h3-8,13-17,38H,9-12,36H2,1-2H3,(H,39,45)(H,46,47). The number of fused-ring (bicyclic) bond motifs is 1. The van der Waals surface area contributed by atoms with Gasteiger partial charge in [0.15, 0.2) is 11.6 Å². The quantitative estimate of drug-likeness (QED) is 0.142. The summed E-state index contributed by atoms with van der Waals surface area (Å²) in [4.78, 5) is 57.1. The smallest absolute Gasteiger partial charge is 0.407 e. The van der Waals surface area contributed by atoms with E-state index in [0.29, 0.717) is 39.2 Å². The van der Waals surface area contributed by atoms with E-state index in [1.54, 1.807) is 62.4 Å². The first kappa shape index (κ1) is 30.5. The van der Waals surface area contributed by atoms with Crippen LogP contribution >= 0.6 is 0 Å². The molecule has 7 rings (SSSR count). The molecule has 0 saturated carbocycles. The Morgan fingerprint density at radius 1 is 1.00 bits per heavy atom. The van der Waals surface area contributed by atoms with Crippen LogP contribution in [0.15, 0.2) is 66.9 Å². The first-order valence-electron chi connectivity index (χ1n) is 15.2. The number of nitrogens with zero attached hydrogens (tertiary/aromatic N) is 4. The number of rotatable bonds is 6. The number of piperidine rings is 1. The van der Waals surface area contributed by atoms with Crippen LogP contribution in [0.4, 0.5) is 25.5 Å². The number of carbonyl (C=O) groups excluding carboxylic acids is 3. The third kappa shape index (κ3) is 4.98. The van der Waals surface area contributed by atoms with Gasteiger partial charge in [0.25, 0.3) is 5.91 Å². The number of ketones is 1. The molecule has 4 heterocycles. The van der Waals surface area contributed by atoms with Gasteiger partial charge in [0.05, 0.1) is 28.8 Å². The number of halogens is 1. The Kier molecular flexibility index (Phi) is 7.15. The molecule has 2 aliphatic heterocycles. The van der Waals surface area contributed by atoms with Crippen LogP contribution in [0.25, 0.3) is 16.6 Å². The Balaban J connectivity index is 1.13. The summed E-state index contributed by atoms with van der Waals surface area (Å²) in [7, 11) is 0. The van der Waals surface area contributed by atoms with Crippen LogP contribution in [-0.2, 0) is 4.79 Å². The van der Waals surface area contributed by atoms with Crippen molar-refractivity contribution >= 4 is 46.2 Å².